The topological polar surface area (TPSA) is 46.5 Å². The summed E-state index contributed by atoms with van der Waals surface area (Å²) in [5.74, 6) is -0.328. The van der Waals surface area contributed by atoms with Crippen LogP contribution in [0.4, 0.5) is 0 Å². The molecule has 1 aromatic carbocycles. The Morgan fingerprint density at radius 2 is 2.00 bits per heavy atom. The molecule has 0 bridgehead atoms. The number of carbonyl (C=O) groups is 1. The lowest BCUT2D eigenvalue weighted by Gasteiger charge is -2.23. The van der Waals surface area contributed by atoms with Crippen LogP contribution in [0.25, 0.3) is 0 Å². The van der Waals surface area contributed by atoms with Crippen LogP contribution in [0.15, 0.2) is 24.3 Å². The summed E-state index contributed by atoms with van der Waals surface area (Å²) < 4.78 is 5.84. The highest BCUT2D eigenvalue weighted by Gasteiger charge is 2.11. The van der Waals surface area contributed by atoms with Gasteiger partial charge < -0.3 is 26.7 Å². The smallest absolute Gasteiger partial charge is 0.338 e. The van der Waals surface area contributed by atoms with E-state index in [4.69, 9.17) is 4.74 Å². The van der Waals surface area contributed by atoms with E-state index in [-0.39, 0.29) is 18.2 Å². The Kier molecular flexibility index (Phi) is 5.99. The molecule has 0 amide bonds. The molecule has 0 radical (unpaired) electrons. The van der Waals surface area contributed by atoms with E-state index < -0.39 is 5.97 Å². The summed E-state index contributed by atoms with van der Waals surface area (Å²) in [5.41, 5.74) is 0.376. The lowest BCUT2D eigenvalue weighted by molar-refractivity contribution is -0.870. The molecule has 0 unspecified atom stereocenters. The predicted octanol–water partition coefficient (Wildman–Crippen LogP) is -1.74. The molecule has 0 aliphatic carbocycles. The average molecular weight is 260 g/mol. The lowest BCUT2D eigenvalue weighted by atomic mass is 10.2. The zero-order valence-electron chi connectivity index (χ0n) is 10.3. The van der Waals surface area contributed by atoms with Gasteiger partial charge in [-0.25, -0.2) is 4.79 Å². The molecular weight excluding hydrogens is 242 g/mol. The second kappa shape index (κ2) is 6.47. The highest BCUT2D eigenvalue weighted by Crippen LogP contribution is 2.11. The highest BCUT2D eigenvalue weighted by molar-refractivity contribution is 5.89. The van der Waals surface area contributed by atoms with Crippen LogP contribution >= 0.6 is 0 Å². The van der Waals surface area contributed by atoms with Gasteiger partial charge in [0.15, 0.2) is 0 Å². The molecule has 0 spiro atoms. The van der Waals surface area contributed by atoms with Crippen LogP contribution in [0, 0.1) is 0 Å². The normalized spacial score (nSPS) is 10.5. The number of rotatable bonds is 4. The molecule has 0 fully saturated rings. The first-order valence-electron chi connectivity index (χ1n) is 5.15. The predicted molar refractivity (Wildman–Crippen MR) is 61.3 cm³/mol. The van der Waals surface area contributed by atoms with Crippen molar-refractivity contribution in [1.82, 2.24) is 0 Å². The standard InChI is InChI=1S/C12H17NO3.ClH/c1-13(2,3)7-8-16-12(15)10-5-4-6-11(14)9-10;/h4-6,9H,7-8H2,1-3H3;1H. The minimum Gasteiger partial charge on any atom is -1.00 e. The molecule has 1 N–H and O–H groups in total. The number of hydrogen-bond donors (Lipinski definition) is 1. The van der Waals surface area contributed by atoms with Gasteiger partial charge in [0.2, 0.25) is 0 Å². The van der Waals surface area contributed by atoms with E-state index in [0.29, 0.717) is 12.2 Å². The zero-order chi connectivity index (χ0) is 12.2. The number of nitrogens with zero attached hydrogens (tertiary/aromatic N) is 1. The van der Waals surface area contributed by atoms with Crippen molar-refractivity contribution in [3.8, 4) is 5.75 Å². The number of ether oxygens (including phenoxy) is 1. The molecule has 0 aliphatic rings. The van der Waals surface area contributed by atoms with Crippen LogP contribution in [-0.4, -0.2) is 49.9 Å². The Bertz CT molecular complexity index is 374. The van der Waals surface area contributed by atoms with Gasteiger partial charge in [0.05, 0.1) is 26.7 Å². The van der Waals surface area contributed by atoms with Crippen molar-refractivity contribution in [3.63, 3.8) is 0 Å². The van der Waals surface area contributed by atoms with Gasteiger partial charge in [-0.2, -0.15) is 0 Å². The van der Waals surface area contributed by atoms with Gasteiger partial charge in [-0.05, 0) is 18.2 Å². The number of phenols is 1. The van der Waals surface area contributed by atoms with E-state index in [2.05, 4.69) is 0 Å². The van der Waals surface area contributed by atoms with Crippen LogP contribution in [0.3, 0.4) is 0 Å². The Balaban J connectivity index is 0.00000256. The molecule has 0 saturated carbocycles. The third-order valence-electron chi connectivity index (χ3n) is 2.08. The summed E-state index contributed by atoms with van der Waals surface area (Å²) in [7, 11) is 6.09. The molecule has 17 heavy (non-hydrogen) atoms. The fourth-order valence-corrected chi connectivity index (χ4v) is 1.13. The minimum atomic E-state index is -0.399. The molecule has 0 saturated heterocycles. The van der Waals surface area contributed by atoms with Gasteiger partial charge in [-0.15, -0.1) is 0 Å². The highest BCUT2D eigenvalue weighted by atomic mass is 35.5. The molecule has 96 valence electrons. The van der Waals surface area contributed by atoms with Crippen molar-refractivity contribution < 1.29 is 31.5 Å². The third-order valence-corrected chi connectivity index (χ3v) is 2.08. The summed E-state index contributed by atoms with van der Waals surface area (Å²) in [6.07, 6.45) is 0. The van der Waals surface area contributed by atoms with Gasteiger partial charge in [-0.1, -0.05) is 6.07 Å². The van der Waals surface area contributed by atoms with Gasteiger partial charge in [0.25, 0.3) is 0 Å². The lowest BCUT2D eigenvalue weighted by Crippen LogP contribution is -3.00. The number of carbonyl (C=O) groups excluding carboxylic acids is 1. The second-order valence-corrected chi connectivity index (χ2v) is 4.70. The van der Waals surface area contributed by atoms with E-state index in [0.717, 1.165) is 11.0 Å². The molecule has 0 atom stereocenters. The number of likely N-dealkylation sites (N-methyl/N-ethyl adjacent to an activating group) is 1. The van der Waals surface area contributed by atoms with E-state index in [9.17, 15) is 9.90 Å². The first kappa shape index (κ1) is 15.7. The molecule has 1 rings (SSSR count). The molecule has 0 aromatic heterocycles. The summed E-state index contributed by atoms with van der Waals surface area (Å²) in [4.78, 5) is 11.5. The van der Waals surface area contributed by atoms with E-state index in [1.165, 1.54) is 12.1 Å². The van der Waals surface area contributed by atoms with Crippen molar-refractivity contribution in [2.45, 2.75) is 0 Å². The van der Waals surface area contributed by atoms with Gasteiger partial charge in [0.1, 0.15) is 18.9 Å². The Hall–Kier alpha value is -1.26. The first-order chi connectivity index (χ1) is 7.38. The fraction of sp³-hybridized carbons (Fsp3) is 0.417. The third kappa shape index (κ3) is 6.14. The largest absolute Gasteiger partial charge is 1.00 e. The number of esters is 1. The maximum Gasteiger partial charge on any atom is 0.338 e. The van der Waals surface area contributed by atoms with Crippen LogP contribution in [-0.2, 0) is 4.74 Å². The van der Waals surface area contributed by atoms with E-state index in [1.54, 1.807) is 12.1 Å². The molecular formula is C12H18ClNO3. The van der Waals surface area contributed by atoms with Crippen LogP contribution in [0.2, 0.25) is 0 Å². The van der Waals surface area contributed by atoms with E-state index >= 15 is 0 Å². The van der Waals surface area contributed by atoms with Gasteiger partial charge in [-0.3, -0.25) is 0 Å². The number of aromatic hydroxyl groups is 1. The summed E-state index contributed by atoms with van der Waals surface area (Å²) in [6, 6.07) is 6.15. The summed E-state index contributed by atoms with van der Waals surface area (Å²) in [5, 5.41) is 9.21. The van der Waals surface area contributed by atoms with Crippen molar-refractivity contribution in [2.75, 3.05) is 34.3 Å². The van der Waals surface area contributed by atoms with Crippen LogP contribution < -0.4 is 12.4 Å². The van der Waals surface area contributed by atoms with Crippen molar-refractivity contribution in [1.29, 1.82) is 0 Å². The van der Waals surface area contributed by atoms with Gasteiger partial charge >= 0.3 is 5.97 Å². The number of benzene rings is 1. The Morgan fingerprint density at radius 3 is 2.53 bits per heavy atom. The Labute approximate surface area is 108 Å². The van der Waals surface area contributed by atoms with Crippen LogP contribution in [0.1, 0.15) is 10.4 Å². The molecule has 1 aromatic rings. The first-order valence-corrected chi connectivity index (χ1v) is 5.15. The quantitative estimate of drug-likeness (QED) is 0.516. The summed E-state index contributed by atoms with van der Waals surface area (Å²) >= 11 is 0. The SMILES string of the molecule is C[N+](C)(C)CCOC(=O)c1cccc(O)c1.[Cl-]. The van der Waals surface area contributed by atoms with E-state index in [1.807, 2.05) is 21.1 Å². The number of quaternary nitrogens is 1. The maximum absolute atomic E-state index is 11.5. The van der Waals surface area contributed by atoms with Crippen molar-refractivity contribution in [2.24, 2.45) is 0 Å². The molecule has 4 nitrogen and oxygen atoms in total. The molecule has 0 heterocycles. The molecule has 0 aliphatic heterocycles. The van der Waals surface area contributed by atoms with Crippen molar-refractivity contribution in [3.05, 3.63) is 29.8 Å². The molecule has 5 heteroatoms. The minimum absolute atomic E-state index is 0. The Morgan fingerprint density at radius 1 is 1.35 bits per heavy atom. The number of phenolic OH excluding ortho intramolecular Hbond substituents is 1. The fourth-order valence-electron chi connectivity index (χ4n) is 1.13. The van der Waals surface area contributed by atoms with Crippen LogP contribution in [0.5, 0.6) is 5.75 Å². The van der Waals surface area contributed by atoms with Gasteiger partial charge in [0, 0.05) is 0 Å². The monoisotopic (exact) mass is 259 g/mol. The maximum atomic E-state index is 11.5. The number of halogens is 1. The number of hydrogen-bond acceptors (Lipinski definition) is 3. The second-order valence-electron chi connectivity index (χ2n) is 4.70. The average Bonchev–Trinajstić information content (AvgIpc) is 2.15. The zero-order valence-corrected chi connectivity index (χ0v) is 11.1. The summed E-state index contributed by atoms with van der Waals surface area (Å²) in [6.45, 7) is 1.13. The van der Waals surface area contributed by atoms with Crippen molar-refractivity contribution >= 4 is 5.97 Å².